The Balaban J connectivity index is 2.47. The number of likely N-dealkylation sites (N-methyl/N-ethyl adjacent to an activating group) is 1. The molecule has 1 heterocycles. The minimum absolute atomic E-state index is 0.0810. The molecule has 0 aliphatic carbocycles. The van der Waals surface area contributed by atoms with Crippen LogP contribution in [0.4, 0.5) is 0 Å². The summed E-state index contributed by atoms with van der Waals surface area (Å²) in [6.07, 6.45) is 5.14. The first kappa shape index (κ1) is 16.5. The number of hydrogen-bond acceptors (Lipinski definition) is 3. The van der Waals surface area contributed by atoms with E-state index in [4.69, 9.17) is 5.26 Å². The predicted molar refractivity (Wildman–Crippen MR) is 76.7 cm³/mol. The van der Waals surface area contributed by atoms with Gasteiger partial charge in [-0.2, -0.15) is 5.26 Å². The van der Waals surface area contributed by atoms with E-state index in [0.29, 0.717) is 31.8 Å². The lowest BCUT2D eigenvalue weighted by molar-refractivity contribution is -0.139. The van der Waals surface area contributed by atoms with Crippen molar-refractivity contribution in [3.05, 3.63) is 0 Å². The maximum atomic E-state index is 12.0. The lowest BCUT2D eigenvalue weighted by atomic mass is 9.96. The smallest absolute Gasteiger partial charge is 0.241 e. The largest absolute Gasteiger partial charge is 0.343 e. The maximum Gasteiger partial charge on any atom is 0.241 e. The Kier molecular flexibility index (Phi) is 7.06. The van der Waals surface area contributed by atoms with E-state index in [9.17, 15) is 9.59 Å². The highest BCUT2D eigenvalue weighted by molar-refractivity contribution is 5.84. The molecule has 0 bridgehead atoms. The van der Waals surface area contributed by atoms with Crippen LogP contribution in [-0.2, 0) is 9.59 Å². The molecule has 0 aromatic rings. The summed E-state index contributed by atoms with van der Waals surface area (Å²) in [7, 11) is 1.68. The lowest BCUT2D eigenvalue weighted by Crippen LogP contribution is -2.41. The lowest BCUT2D eigenvalue weighted by Gasteiger charge is -2.23. The summed E-state index contributed by atoms with van der Waals surface area (Å²) < 4.78 is 0. The standard InChI is InChI=1S/C15H25N3O2/c1-3-5-13-6-7-14(19)18(11-8-13)12-15(20)17(2)10-4-9-16/h13H,3-8,10-12H2,1-2H3. The summed E-state index contributed by atoms with van der Waals surface area (Å²) in [6.45, 7) is 3.43. The van der Waals surface area contributed by atoms with Crippen LogP contribution in [0.2, 0.25) is 0 Å². The second-order valence-electron chi connectivity index (χ2n) is 5.52. The molecule has 1 fully saturated rings. The highest BCUT2D eigenvalue weighted by Crippen LogP contribution is 2.22. The molecule has 1 saturated heterocycles. The van der Waals surface area contributed by atoms with Gasteiger partial charge in [-0.3, -0.25) is 9.59 Å². The molecule has 5 heteroatoms. The van der Waals surface area contributed by atoms with Gasteiger partial charge in [-0.05, 0) is 18.8 Å². The van der Waals surface area contributed by atoms with Crippen LogP contribution in [0.5, 0.6) is 0 Å². The highest BCUT2D eigenvalue weighted by Gasteiger charge is 2.24. The molecule has 1 aliphatic heterocycles. The van der Waals surface area contributed by atoms with Crippen molar-refractivity contribution >= 4 is 11.8 Å². The van der Waals surface area contributed by atoms with Gasteiger partial charge in [0.2, 0.25) is 11.8 Å². The van der Waals surface area contributed by atoms with Crippen LogP contribution in [-0.4, -0.2) is 48.3 Å². The molecule has 0 saturated carbocycles. The topological polar surface area (TPSA) is 64.4 Å². The van der Waals surface area contributed by atoms with Crippen LogP contribution in [0.3, 0.4) is 0 Å². The van der Waals surface area contributed by atoms with Crippen molar-refractivity contribution in [2.24, 2.45) is 5.92 Å². The Bertz CT molecular complexity index is 376. The van der Waals surface area contributed by atoms with Gasteiger partial charge in [0.05, 0.1) is 19.0 Å². The average molecular weight is 279 g/mol. The molecule has 20 heavy (non-hydrogen) atoms. The molecule has 0 aromatic carbocycles. The molecule has 0 N–H and O–H groups in total. The summed E-state index contributed by atoms with van der Waals surface area (Å²) in [4.78, 5) is 27.3. The number of likely N-dealkylation sites (tertiary alicyclic amines) is 1. The Labute approximate surface area is 121 Å². The molecule has 1 aliphatic rings. The Hall–Kier alpha value is -1.57. The minimum Gasteiger partial charge on any atom is -0.343 e. The summed E-state index contributed by atoms with van der Waals surface area (Å²) >= 11 is 0. The van der Waals surface area contributed by atoms with Gasteiger partial charge in [0.15, 0.2) is 0 Å². The number of amides is 2. The van der Waals surface area contributed by atoms with Crippen LogP contribution in [0.1, 0.15) is 45.4 Å². The monoisotopic (exact) mass is 279 g/mol. The van der Waals surface area contributed by atoms with Gasteiger partial charge in [-0.25, -0.2) is 0 Å². The number of hydrogen-bond donors (Lipinski definition) is 0. The molecule has 1 unspecified atom stereocenters. The zero-order valence-corrected chi connectivity index (χ0v) is 12.6. The third kappa shape index (κ3) is 5.20. The third-order valence-corrected chi connectivity index (χ3v) is 3.93. The van der Waals surface area contributed by atoms with Crippen LogP contribution < -0.4 is 0 Å². The van der Waals surface area contributed by atoms with E-state index in [-0.39, 0.29) is 18.4 Å². The average Bonchev–Trinajstić information content (AvgIpc) is 2.60. The van der Waals surface area contributed by atoms with Gasteiger partial charge in [0.1, 0.15) is 0 Å². The van der Waals surface area contributed by atoms with E-state index in [1.54, 1.807) is 11.9 Å². The maximum absolute atomic E-state index is 12.0. The molecule has 5 nitrogen and oxygen atoms in total. The fraction of sp³-hybridized carbons (Fsp3) is 0.800. The van der Waals surface area contributed by atoms with E-state index in [1.165, 1.54) is 4.90 Å². The number of carbonyl (C=O) groups excluding carboxylic acids is 2. The Morgan fingerprint density at radius 3 is 2.90 bits per heavy atom. The van der Waals surface area contributed by atoms with Gasteiger partial charge in [-0.15, -0.1) is 0 Å². The van der Waals surface area contributed by atoms with Gasteiger partial charge >= 0.3 is 0 Å². The first-order valence-corrected chi connectivity index (χ1v) is 7.47. The van der Waals surface area contributed by atoms with E-state index in [0.717, 1.165) is 25.7 Å². The van der Waals surface area contributed by atoms with Crippen molar-refractivity contribution in [2.45, 2.75) is 45.4 Å². The fourth-order valence-corrected chi connectivity index (χ4v) is 2.58. The Morgan fingerprint density at radius 2 is 2.25 bits per heavy atom. The van der Waals surface area contributed by atoms with Crippen LogP contribution >= 0.6 is 0 Å². The molecule has 1 rings (SSSR count). The SMILES string of the molecule is CCCC1CCC(=O)N(CC(=O)N(C)CCC#N)CC1. The zero-order chi connectivity index (χ0) is 15.0. The van der Waals surface area contributed by atoms with Gasteiger partial charge in [-0.1, -0.05) is 19.8 Å². The second kappa shape index (κ2) is 8.57. The van der Waals surface area contributed by atoms with Crippen LogP contribution in [0.15, 0.2) is 0 Å². The molecule has 0 spiro atoms. The zero-order valence-electron chi connectivity index (χ0n) is 12.6. The van der Waals surface area contributed by atoms with E-state index in [2.05, 4.69) is 6.92 Å². The first-order chi connectivity index (χ1) is 9.58. The van der Waals surface area contributed by atoms with Crippen molar-refractivity contribution in [2.75, 3.05) is 26.7 Å². The van der Waals surface area contributed by atoms with Gasteiger partial charge < -0.3 is 9.80 Å². The molecule has 1 atom stereocenters. The van der Waals surface area contributed by atoms with Crippen molar-refractivity contribution in [3.8, 4) is 6.07 Å². The third-order valence-electron chi connectivity index (χ3n) is 3.93. The molecule has 0 aromatic heterocycles. The summed E-state index contributed by atoms with van der Waals surface area (Å²) in [5.74, 6) is 0.619. The van der Waals surface area contributed by atoms with Crippen molar-refractivity contribution in [3.63, 3.8) is 0 Å². The fourth-order valence-electron chi connectivity index (χ4n) is 2.58. The molecular formula is C15H25N3O2. The number of nitrogens with zero attached hydrogens (tertiary/aromatic N) is 3. The molecular weight excluding hydrogens is 254 g/mol. The van der Waals surface area contributed by atoms with Gasteiger partial charge in [0.25, 0.3) is 0 Å². The highest BCUT2D eigenvalue weighted by atomic mass is 16.2. The van der Waals surface area contributed by atoms with E-state index >= 15 is 0 Å². The van der Waals surface area contributed by atoms with Crippen molar-refractivity contribution < 1.29 is 9.59 Å². The number of carbonyl (C=O) groups is 2. The van der Waals surface area contributed by atoms with Crippen LogP contribution in [0, 0.1) is 17.2 Å². The van der Waals surface area contributed by atoms with Crippen molar-refractivity contribution in [1.82, 2.24) is 9.80 Å². The summed E-state index contributed by atoms with van der Waals surface area (Å²) in [5, 5.41) is 8.52. The molecule has 112 valence electrons. The number of nitriles is 1. The minimum atomic E-state index is -0.0810. The predicted octanol–water partition coefficient (Wildman–Crippen LogP) is 1.79. The van der Waals surface area contributed by atoms with Gasteiger partial charge in [0, 0.05) is 26.6 Å². The van der Waals surface area contributed by atoms with Crippen LogP contribution in [0.25, 0.3) is 0 Å². The molecule has 0 radical (unpaired) electrons. The Morgan fingerprint density at radius 1 is 1.50 bits per heavy atom. The normalized spacial score (nSPS) is 19.4. The quantitative estimate of drug-likeness (QED) is 0.744. The number of rotatable bonds is 6. The van der Waals surface area contributed by atoms with E-state index in [1.807, 2.05) is 6.07 Å². The van der Waals surface area contributed by atoms with Crippen molar-refractivity contribution in [1.29, 1.82) is 5.26 Å². The second-order valence-corrected chi connectivity index (χ2v) is 5.52. The van der Waals surface area contributed by atoms with E-state index < -0.39 is 0 Å². The molecule has 2 amide bonds. The summed E-state index contributed by atoms with van der Waals surface area (Å²) in [5.41, 5.74) is 0. The summed E-state index contributed by atoms with van der Waals surface area (Å²) in [6, 6.07) is 2.02. The first-order valence-electron chi connectivity index (χ1n) is 7.47.